The number of aliphatic hydroxyl groups is 1. The largest absolute Gasteiger partial charge is 2.00 e. The van der Waals surface area contributed by atoms with Crippen LogP contribution >= 0.6 is 7.82 Å². The predicted octanol–water partition coefficient (Wildman–Crippen LogP) is -2.02. The molecular formula is C2H9CaO7P. The van der Waals surface area contributed by atoms with Crippen LogP contribution in [0.25, 0.3) is 0 Å². The van der Waals surface area contributed by atoms with Gasteiger partial charge < -0.3 is 27.7 Å². The van der Waals surface area contributed by atoms with E-state index in [4.69, 9.17) is 34.3 Å². The van der Waals surface area contributed by atoms with E-state index in [0.29, 0.717) is 0 Å². The van der Waals surface area contributed by atoms with E-state index in [0.717, 1.165) is 0 Å². The van der Waals surface area contributed by atoms with Gasteiger partial charge in [0.15, 0.2) is 0 Å². The molecule has 0 unspecified atom stereocenters. The number of hydrogen-bond donors (Lipinski definition) is 5. The van der Waals surface area contributed by atoms with Gasteiger partial charge in [0.2, 0.25) is 0 Å². The zero-order chi connectivity index (χ0) is 8.78. The van der Waals surface area contributed by atoms with E-state index in [1.165, 1.54) is 0 Å². The Kier molecular flexibility index (Phi) is 14.4. The molecule has 5 N–H and O–H groups in total. The van der Waals surface area contributed by atoms with Gasteiger partial charge in [-0.25, -0.2) is 9.36 Å². The molecule has 0 aliphatic carbocycles. The van der Waals surface area contributed by atoms with Gasteiger partial charge in [-0.3, -0.25) is 0 Å². The smallest absolute Gasteiger partial charge is 1.00 e. The van der Waals surface area contributed by atoms with Gasteiger partial charge >= 0.3 is 51.5 Å². The van der Waals surface area contributed by atoms with Gasteiger partial charge in [-0.05, 0) is 0 Å². The van der Waals surface area contributed by atoms with Crippen molar-refractivity contribution >= 4 is 51.5 Å². The van der Waals surface area contributed by atoms with Crippen LogP contribution in [-0.4, -0.2) is 75.2 Å². The van der Waals surface area contributed by atoms with Crippen LogP contribution in [0, 0.1) is 0 Å². The topological polar surface area (TPSA) is 135 Å². The van der Waals surface area contributed by atoms with Gasteiger partial charge in [-0.1, -0.05) is 0 Å². The van der Waals surface area contributed by atoms with Crippen molar-refractivity contribution in [3.05, 3.63) is 0 Å². The first kappa shape index (κ1) is 17.8. The van der Waals surface area contributed by atoms with Crippen molar-refractivity contribution in [2.75, 3.05) is 6.61 Å². The van der Waals surface area contributed by atoms with E-state index >= 15 is 0 Å². The molecule has 0 spiro atoms. The number of aliphatic hydroxyl groups excluding tert-OH is 1. The molecule has 0 atom stereocenters. The van der Waals surface area contributed by atoms with Crippen molar-refractivity contribution < 1.29 is 37.1 Å². The minimum Gasteiger partial charge on any atom is -1.00 e. The van der Waals surface area contributed by atoms with Gasteiger partial charge in [-0.2, -0.15) is 0 Å². The zero-order valence-corrected chi connectivity index (χ0v) is 8.52. The molecule has 11 heavy (non-hydrogen) atoms. The third-order valence-corrected chi connectivity index (χ3v) is 0.135. The van der Waals surface area contributed by atoms with Crippen molar-refractivity contribution in [3.8, 4) is 0 Å². The molecule has 0 fully saturated rings. The van der Waals surface area contributed by atoms with E-state index in [1.807, 2.05) is 0 Å². The van der Waals surface area contributed by atoms with Gasteiger partial charge in [-0.15, -0.1) is 0 Å². The molecule has 0 saturated carbocycles. The van der Waals surface area contributed by atoms with Crippen molar-refractivity contribution in [1.82, 2.24) is 0 Å². The van der Waals surface area contributed by atoms with Crippen LogP contribution in [0.15, 0.2) is 0 Å². The number of carboxylic acid groups (broad SMARTS) is 1. The van der Waals surface area contributed by atoms with E-state index in [-0.39, 0.29) is 40.6 Å². The molecular weight excluding hydrogens is 207 g/mol. The summed E-state index contributed by atoms with van der Waals surface area (Å²) in [7, 11) is -4.64. The molecule has 0 bridgehead atoms. The number of hydrogen-bond acceptors (Lipinski definition) is 3. The van der Waals surface area contributed by atoms with E-state index in [2.05, 4.69) is 0 Å². The number of carbonyl (C=O) groups is 1. The van der Waals surface area contributed by atoms with Crippen molar-refractivity contribution in [2.24, 2.45) is 0 Å². The third kappa shape index (κ3) is 107. The van der Waals surface area contributed by atoms with E-state index < -0.39 is 20.4 Å². The Morgan fingerprint density at radius 3 is 1.45 bits per heavy atom. The maximum atomic E-state index is 9.12. The number of aliphatic carboxylic acids is 1. The van der Waals surface area contributed by atoms with Crippen LogP contribution in [0.5, 0.6) is 0 Å². The zero-order valence-electron chi connectivity index (χ0n) is 7.41. The monoisotopic (exact) mass is 216 g/mol. The second-order valence-electron chi connectivity index (χ2n) is 1.07. The van der Waals surface area contributed by atoms with Crippen LogP contribution in [0.4, 0.5) is 0 Å². The summed E-state index contributed by atoms with van der Waals surface area (Å²) in [5.41, 5.74) is 0. The average molecular weight is 216 g/mol. The first-order valence-electron chi connectivity index (χ1n) is 1.88. The second kappa shape index (κ2) is 8.89. The van der Waals surface area contributed by atoms with Crippen LogP contribution < -0.4 is 0 Å². The molecule has 0 aliphatic heterocycles. The first-order valence-corrected chi connectivity index (χ1v) is 3.45. The van der Waals surface area contributed by atoms with Crippen LogP contribution in [-0.2, 0) is 9.36 Å². The molecule has 0 amide bonds. The summed E-state index contributed by atoms with van der Waals surface area (Å²) in [6, 6.07) is 0. The van der Waals surface area contributed by atoms with Crippen molar-refractivity contribution in [2.45, 2.75) is 0 Å². The Hall–Kier alpha value is 0.800. The predicted molar refractivity (Wildman–Crippen MR) is 37.0 cm³/mol. The molecule has 0 rings (SSSR count). The standard InChI is InChI=1S/C2H4O3.Ca.H3O4P.2H/c3-1-2(4)5;;1-5(2,3)4;;/h3H,1H2,(H,4,5);;(H3,1,2,3,4);;/q;+2;;2*-1. The van der Waals surface area contributed by atoms with Crippen molar-refractivity contribution in [1.29, 1.82) is 0 Å². The van der Waals surface area contributed by atoms with Crippen LogP contribution in [0.3, 0.4) is 0 Å². The van der Waals surface area contributed by atoms with Crippen LogP contribution in [0.2, 0.25) is 0 Å². The number of phosphoric acid groups is 1. The van der Waals surface area contributed by atoms with Gasteiger partial charge in [0, 0.05) is 0 Å². The Labute approximate surface area is 94.9 Å². The minimum atomic E-state index is -4.64. The maximum Gasteiger partial charge on any atom is 2.00 e. The van der Waals surface area contributed by atoms with E-state index in [1.54, 1.807) is 0 Å². The summed E-state index contributed by atoms with van der Waals surface area (Å²) in [6.07, 6.45) is 0. The Bertz CT molecular complexity index is 139. The average Bonchev–Trinajstić information content (AvgIpc) is 1.61. The quantitative estimate of drug-likeness (QED) is 0.252. The normalized spacial score (nSPS) is 8.73. The van der Waals surface area contributed by atoms with Gasteiger partial charge in [0.1, 0.15) is 6.61 Å². The number of carboxylic acids is 1. The van der Waals surface area contributed by atoms with Gasteiger partial charge in [0.25, 0.3) is 0 Å². The molecule has 0 aromatic carbocycles. The molecule has 9 heteroatoms. The maximum absolute atomic E-state index is 9.12. The summed E-state index contributed by atoms with van der Waals surface area (Å²) in [5, 5.41) is 15.0. The fourth-order valence-electron chi connectivity index (χ4n) is 0. The summed E-state index contributed by atoms with van der Waals surface area (Å²) in [4.78, 5) is 30.7. The van der Waals surface area contributed by atoms with Crippen LogP contribution in [0.1, 0.15) is 2.85 Å². The minimum absolute atomic E-state index is 0. The number of rotatable bonds is 1. The first-order chi connectivity index (χ1) is 4.27. The Balaban J connectivity index is -0.0000000267. The molecule has 0 aliphatic rings. The molecule has 0 aromatic heterocycles. The molecule has 0 heterocycles. The molecule has 0 saturated heterocycles. The van der Waals surface area contributed by atoms with Crippen molar-refractivity contribution in [3.63, 3.8) is 0 Å². The summed E-state index contributed by atoms with van der Waals surface area (Å²) >= 11 is 0. The molecule has 0 aromatic rings. The Morgan fingerprint density at radius 2 is 1.45 bits per heavy atom. The fourth-order valence-corrected chi connectivity index (χ4v) is 0. The van der Waals surface area contributed by atoms with E-state index in [9.17, 15) is 0 Å². The molecule has 0 radical (unpaired) electrons. The summed E-state index contributed by atoms with van der Waals surface area (Å²) in [6.45, 7) is -0.778. The molecule has 7 nitrogen and oxygen atoms in total. The molecule has 66 valence electrons. The van der Waals surface area contributed by atoms with Gasteiger partial charge in [0.05, 0.1) is 0 Å². The third-order valence-electron chi connectivity index (χ3n) is 0.135. The SMILES string of the molecule is O=C(O)CO.O=P(O)(O)O.[Ca+2].[H-].[H-]. The summed E-state index contributed by atoms with van der Waals surface area (Å²) in [5.74, 6) is -1.19. The fraction of sp³-hybridized carbons (Fsp3) is 0.500. The Morgan fingerprint density at radius 1 is 1.36 bits per heavy atom. The second-order valence-corrected chi connectivity index (χ2v) is 2.09. The summed E-state index contributed by atoms with van der Waals surface area (Å²) < 4.78 is 8.88.